The molecule has 0 saturated heterocycles. The summed E-state index contributed by atoms with van der Waals surface area (Å²) in [7, 11) is 0. The molecular formula is C16H16N2OS2. The number of hydrogen-bond donors (Lipinski definition) is 0. The maximum atomic E-state index is 11.3. The van der Waals surface area contributed by atoms with Crippen LogP contribution in [0, 0.1) is 4.91 Å². The molecule has 3 aromatic heterocycles. The van der Waals surface area contributed by atoms with Crippen LogP contribution in [0.15, 0.2) is 46.3 Å². The standard InChI is InChI=1S/C16H16N2OS2/c1-2-3-8-18-13(14-6-4-9-20-14)11-12(17-19)16(18)15-7-5-10-21-15/h4-7,9-11H,2-3,8H2,1H3. The zero-order chi connectivity index (χ0) is 14.7. The molecule has 0 spiro atoms. The highest BCUT2D eigenvalue weighted by Gasteiger charge is 2.19. The van der Waals surface area contributed by atoms with Crippen LogP contribution in [0.1, 0.15) is 19.8 Å². The predicted molar refractivity (Wildman–Crippen MR) is 91.4 cm³/mol. The molecule has 0 aromatic carbocycles. The van der Waals surface area contributed by atoms with Crippen molar-refractivity contribution in [3.63, 3.8) is 0 Å². The Morgan fingerprint density at radius 1 is 1.14 bits per heavy atom. The van der Waals surface area contributed by atoms with Gasteiger partial charge in [0.25, 0.3) is 0 Å². The summed E-state index contributed by atoms with van der Waals surface area (Å²) in [5.41, 5.74) is 2.59. The van der Waals surface area contributed by atoms with Gasteiger partial charge in [0.05, 0.1) is 21.1 Å². The second-order valence-electron chi connectivity index (χ2n) is 4.81. The summed E-state index contributed by atoms with van der Waals surface area (Å²) in [6.07, 6.45) is 2.21. The Morgan fingerprint density at radius 3 is 2.43 bits per heavy atom. The van der Waals surface area contributed by atoms with Crippen molar-refractivity contribution in [1.29, 1.82) is 0 Å². The number of thiophene rings is 2. The van der Waals surface area contributed by atoms with Gasteiger partial charge in [-0.1, -0.05) is 25.5 Å². The molecule has 0 unspecified atom stereocenters. The third-order valence-corrected chi connectivity index (χ3v) is 5.21. The topological polar surface area (TPSA) is 34.4 Å². The van der Waals surface area contributed by atoms with E-state index in [9.17, 15) is 4.91 Å². The van der Waals surface area contributed by atoms with Crippen LogP contribution >= 0.6 is 22.7 Å². The Balaban J connectivity index is 2.19. The second-order valence-corrected chi connectivity index (χ2v) is 6.71. The van der Waals surface area contributed by atoms with Crippen LogP contribution in [0.5, 0.6) is 0 Å². The SMILES string of the molecule is CCCCn1c(-c2cccs2)cc(N=O)c1-c1cccs1. The fraction of sp³-hybridized carbons (Fsp3) is 0.250. The fourth-order valence-electron chi connectivity index (χ4n) is 2.45. The summed E-state index contributed by atoms with van der Waals surface area (Å²) >= 11 is 3.34. The van der Waals surface area contributed by atoms with E-state index in [1.807, 2.05) is 23.6 Å². The van der Waals surface area contributed by atoms with Crippen LogP contribution in [0.3, 0.4) is 0 Å². The van der Waals surface area contributed by atoms with E-state index in [1.54, 1.807) is 22.7 Å². The van der Waals surface area contributed by atoms with Gasteiger partial charge in [0.15, 0.2) is 0 Å². The van der Waals surface area contributed by atoms with Gasteiger partial charge in [-0.3, -0.25) is 0 Å². The van der Waals surface area contributed by atoms with E-state index in [1.165, 1.54) is 4.88 Å². The monoisotopic (exact) mass is 316 g/mol. The largest absolute Gasteiger partial charge is 0.337 e. The summed E-state index contributed by atoms with van der Waals surface area (Å²) in [4.78, 5) is 13.6. The summed E-state index contributed by atoms with van der Waals surface area (Å²) in [5, 5.41) is 7.36. The van der Waals surface area contributed by atoms with Crippen molar-refractivity contribution >= 4 is 28.4 Å². The number of hydrogen-bond acceptors (Lipinski definition) is 4. The Kier molecular flexibility index (Phi) is 4.31. The highest BCUT2D eigenvalue weighted by atomic mass is 32.1. The smallest absolute Gasteiger partial charge is 0.135 e. The Morgan fingerprint density at radius 2 is 1.86 bits per heavy atom. The number of unbranched alkanes of at least 4 members (excludes halogenated alkanes) is 1. The molecule has 3 rings (SSSR count). The normalized spacial score (nSPS) is 10.9. The van der Waals surface area contributed by atoms with E-state index in [2.05, 4.69) is 34.2 Å². The van der Waals surface area contributed by atoms with Crippen molar-refractivity contribution in [3.05, 3.63) is 46.0 Å². The lowest BCUT2D eigenvalue weighted by molar-refractivity contribution is 0.645. The van der Waals surface area contributed by atoms with Gasteiger partial charge >= 0.3 is 0 Å². The van der Waals surface area contributed by atoms with Gasteiger partial charge in [0.1, 0.15) is 5.69 Å². The molecule has 21 heavy (non-hydrogen) atoms. The summed E-state index contributed by atoms with van der Waals surface area (Å²) in [5.74, 6) is 0. The van der Waals surface area contributed by atoms with Crippen molar-refractivity contribution in [2.75, 3.05) is 0 Å². The van der Waals surface area contributed by atoms with Gasteiger partial charge in [0.2, 0.25) is 0 Å². The molecule has 0 aliphatic rings. The number of aromatic nitrogens is 1. The molecule has 3 heterocycles. The molecule has 3 nitrogen and oxygen atoms in total. The maximum Gasteiger partial charge on any atom is 0.135 e. The zero-order valence-corrected chi connectivity index (χ0v) is 13.4. The Labute approximate surface area is 131 Å². The average molecular weight is 316 g/mol. The summed E-state index contributed by atoms with van der Waals surface area (Å²) in [6, 6.07) is 10.1. The lowest BCUT2D eigenvalue weighted by Crippen LogP contribution is -2.01. The molecule has 3 aromatic rings. The molecule has 0 radical (unpaired) electrons. The fourth-order valence-corrected chi connectivity index (χ4v) is 3.99. The van der Waals surface area contributed by atoms with E-state index >= 15 is 0 Å². The van der Waals surface area contributed by atoms with Crippen LogP contribution in [0.4, 0.5) is 5.69 Å². The maximum absolute atomic E-state index is 11.3. The molecule has 0 bridgehead atoms. The van der Waals surface area contributed by atoms with Crippen LogP contribution < -0.4 is 0 Å². The van der Waals surface area contributed by atoms with Crippen molar-refractivity contribution in [2.24, 2.45) is 5.18 Å². The first-order valence-corrected chi connectivity index (χ1v) is 8.75. The first kappa shape index (κ1) is 14.2. The van der Waals surface area contributed by atoms with Gasteiger partial charge < -0.3 is 4.57 Å². The molecule has 0 fully saturated rings. The van der Waals surface area contributed by atoms with Gasteiger partial charge in [-0.2, -0.15) is 0 Å². The van der Waals surface area contributed by atoms with Gasteiger partial charge in [-0.25, -0.2) is 0 Å². The molecule has 0 amide bonds. The summed E-state index contributed by atoms with van der Waals surface area (Å²) < 4.78 is 2.25. The number of nitroso groups, excluding NO2 is 1. The minimum Gasteiger partial charge on any atom is -0.337 e. The quantitative estimate of drug-likeness (QED) is 0.503. The van der Waals surface area contributed by atoms with E-state index < -0.39 is 0 Å². The first-order chi connectivity index (χ1) is 10.3. The Hall–Kier alpha value is -1.72. The minimum absolute atomic E-state index is 0.539. The molecule has 0 aliphatic carbocycles. The van der Waals surface area contributed by atoms with Crippen LogP contribution in [-0.4, -0.2) is 4.57 Å². The lowest BCUT2D eigenvalue weighted by atomic mass is 10.3. The number of nitrogens with zero attached hydrogens (tertiary/aromatic N) is 2. The lowest BCUT2D eigenvalue weighted by Gasteiger charge is -2.11. The average Bonchev–Trinajstić information content (AvgIpc) is 3.22. The first-order valence-electron chi connectivity index (χ1n) is 6.99. The van der Waals surface area contributed by atoms with E-state index in [0.717, 1.165) is 35.7 Å². The highest BCUT2D eigenvalue weighted by molar-refractivity contribution is 7.14. The van der Waals surface area contributed by atoms with Crippen LogP contribution in [-0.2, 0) is 6.54 Å². The highest BCUT2D eigenvalue weighted by Crippen LogP contribution is 2.41. The molecule has 0 atom stereocenters. The van der Waals surface area contributed by atoms with Crippen molar-refractivity contribution in [2.45, 2.75) is 26.3 Å². The number of rotatable bonds is 6. The van der Waals surface area contributed by atoms with Gasteiger partial charge in [-0.15, -0.1) is 27.6 Å². The van der Waals surface area contributed by atoms with Crippen molar-refractivity contribution in [1.82, 2.24) is 4.57 Å². The van der Waals surface area contributed by atoms with Gasteiger partial charge in [-0.05, 0) is 40.6 Å². The van der Waals surface area contributed by atoms with E-state index in [4.69, 9.17) is 0 Å². The predicted octanol–water partition coefficient (Wildman–Crippen LogP) is 6.14. The van der Waals surface area contributed by atoms with Crippen molar-refractivity contribution < 1.29 is 0 Å². The second kappa shape index (κ2) is 6.37. The third kappa shape index (κ3) is 2.71. The molecular weight excluding hydrogens is 300 g/mol. The van der Waals surface area contributed by atoms with Gasteiger partial charge in [0, 0.05) is 6.54 Å². The minimum atomic E-state index is 0.539. The molecule has 108 valence electrons. The Bertz CT molecular complexity index is 712. The molecule has 0 aliphatic heterocycles. The molecule has 0 saturated carbocycles. The third-order valence-electron chi connectivity index (χ3n) is 3.44. The van der Waals surface area contributed by atoms with Crippen LogP contribution in [0.25, 0.3) is 21.1 Å². The molecule has 0 N–H and O–H groups in total. The summed E-state index contributed by atoms with van der Waals surface area (Å²) in [6.45, 7) is 3.09. The van der Waals surface area contributed by atoms with E-state index in [-0.39, 0.29) is 0 Å². The van der Waals surface area contributed by atoms with Crippen LogP contribution in [0.2, 0.25) is 0 Å². The zero-order valence-electron chi connectivity index (χ0n) is 11.8. The molecule has 5 heteroatoms. The van der Waals surface area contributed by atoms with E-state index in [0.29, 0.717) is 5.69 Å². The van der Waals surface area contributed by atoms with Crippen molar-refractivity contribution in [3.8, 4) is 21.1 Å².